The van der Waals surface area contributed by atoms with E-state index in [0.717, 1.165) is 18.9 Å². The minimum atomic E-state index is -0.122. The van der Waals surface area contributed by atoms with Crippen molar-refractivity contribution in [1.29, 1.82) is 0 Å². The van der Waals surface area contributed by atoms with E-state index in [1.54, 1.807) is 0 Å². The van der Waals surface area contributed by atoms with Crippen molar-refractivity contribution >= 4 is 5.97 Å². The Kier molecular flexibility index (Phi) is 5.09. The Balaban J connectivity index is 2.17. The first-order chi connectivity index (χ1) is 7.17. The van der Waals surface area contributed by atoms with Gasteiger partial charge < -0.3 is 10.1 Å². The molecule has 1 N–H and O–H groups in total. The topological polar surface area (TPSA) is 38.3 Å². The number of ether oxygens (including phenoxy) is 1. The Hall–Kier alpha value is -0.570. The quantitative estimate of drug-likeness (QED) is 0.657. The average Bonchev–Trinajstić information content (AvgIpc) is 3.06. The molecule has 3 nitrogen and oxygen atoms in total. The van der Waals surface area contributed by atoms with Gasteiger partial charge in [0.1, 0.15) is 0 Å². The minimum absolute atomic E-state index is 0.0387. The monoisotopic (exact) mass is 213 g/mol. The number of rotatable bonds is 7. The van der Waals surface area contributed by atoms with E-state index in [9.17, 15) is 4.79 Å². The molecule has 1 rings (SSSR count). The van der Waals surface area contributed by atoms with Crippen LogP contribution in [0.25, 0.3) is 0 Å². The lowest BCUT2D eigenvalue weighted by Crippen LogP contribution is -2.35. The van der Waals surface area contributed by atoms with E-state index in [1.165, 1.54) is 26.4 Å². The molecule has 88 valence electrons. The Morgan fingerprint density at radius 1 is 1.53 bits per heavy atom. The summed E-state index contributed by atoms with van der Waals surface area (Å²) >= 11 is 0. The predicted molar refractivity (Wildman–Crippen MR) is 60.6 cm³/mol. The number of hydrogen-bond donors (Lipinski definition) is 1. The SMILES string of the molecule is CCC(CC1CC1)NCC(C)C(=O)OC. The van der Waals surface area contributed by atoms with Crippen LogP contribution in [0.3, 0.4) is 0 Å². The van der Waals surface area contributed by atoms with Crippen LogP contribution in [0.5, 0.6) is 0 Å². The van der Waals surface area contributed by atoms with Gasteiger partial charge in [0, 0.05) is 12.6 Å². The molecule has 0 saturated heterocycles. The van der Waals surface area contributed by atoms with Crippen molar-refractivity contribution in [1.82, 2.24) is 5.32 Å². The first-order valence-corrected chi connectivity index (χ1v) is 5.98. The van der Waals surface area contributed by atoms with E-state index < -0.39 is 0 Å². The van der Waals surface area contributed by atoms with Gasteiger partial charge in [-0.3, -0.25) is 4.79 Å². The van der Waals surface area contributed by atoms with Crippen molar-refractivity contribution in [2.24, 2.45) is 11.8 Å². The maximum absolute atomic E-state index is 11.2. The van der Waals surface area contributed by atoms with E-state index in [2.05, 4.69) is 12.2 Å². The van der Waals surface area contributed by atoms with Crippen molar-refractivity contribution in [3.63, 3.8) is 0 Å². The fourth-order valence-electron chi connectivity index (χ4n) is 1.78. The smallest absolute Gasteiger partial charge is 0.309 e. The predicted octanol–water partition coefficient (Wildman–Crippen LogP) is 1.96. The molecule has 1 fully saturated rings. The number of hydrogen-bond acceptors (Lipinski definition) is 3. The minimum Gasteiger partial charge on any atom is -0.469 e. The molecule has 0 radical (unpaired) electrons. The summed E-state index contributed by atoms with van der Waals surface area (Å²) in [5, 5.41) is 3.45. The molecule has 0 aromatic carbocycles. The fourth-order valence-corrected chi connectivity index (χ4v) is 1.78. The number of carbonyl (C=O) groups excluding carboxylic acids is 1. The maximum atomic E-state index is 11.2. The number of esters is 1. The average molecular weight is 213 g/mol. The lowest BCUT2D eigenvalue weighted by Gasteiger charge is -2.18. The molecule has 0 amide bonds. The number of methoxy groups -OCH3 is 1. The number of nitrogens with one attached hydrogen (secondary N) is 1. The largest absolute Gasteiger partial charge is 0.469 e. The Bertz CT molecular complexity index is 202. The molecule has 0 aliphatic heterocycles. The lowest BCUT2D eigenvalue weighted by atomic mass is 10.1. The molecule has 0 aromatic heterocycles. The molecule has 2 atom stereocenters. The van der Waals surface area contributed by atoms with E-state index >= 15 is 0 Å². The highest BCUT2D eigenvalue weighted by molar-refractivity contribution is 5.72. The standard InChI is InChI=1S/C12H23NO2/c1-4-11(7-10-5-6-10)13-8-9(2)12(14)15-3/h9-11,13H,4-8H2,1-3H3. The molecule has 15 heavy (non-hydrogen) atoms. The highest BCUT2D eigenvalue weighted by Gasteiger charge is 2.25. The van der Waals surface area contributed by atoms with Crippen LogP contribution >= 0.6 is 0 Å². The van der Waals surface area contributed by atoms with Gasteiger partial charge in [-0.25, -0.2) is 0 Å². The Morgan fingerprint density at radius 3 is 2.67 bits per heavy atom. The molecule has 1 saturated carbocycles. The van der Waals surface area contributed by atoms with E-state index in [0.29, 0.717) is 6.04 Å². The highest BCUT2D eigenvalue weighted by Crippen LogP contribution is 2.33. The summed E-state index contributed by atoms with van der Waals surface area (Å²) in [6.07, 6.45) is 5.20. The molecule has 0 spiro atoms. The van der Waals surface area contributed by atoms with Crippen molar-refractivity contribution in [2.75, 3.05) is 13.7 Å². The third kappa shape index (κ3) is 4.65. The van der Waals surface area contributed by atoms with Crippen LogP contribution in [-0.2, 0) is 9.53 Å². The molecule has 1 aliphatic rings. The van der Waals surface area contributed by atoms with Crippen LogP contribution in [0.4, 0.5) is 0 Å². The summed E-state index contributed by atoms with van der Waals surface area (Å²) in [6.45, 7) is 4.84. The van der Waals surface area contributed by atoms with Crippen LogP contribution in [0.15, 0.2) is 0 Å². The molecular weight excluding hydrogens is 190 g/mol. The molecule has 0 bridgehead atoms. The lowest BCUT2D eigenvalue weighted by molar-refractivity contribution is -0.144. The summed E-state index contributed by atoms with van der Waals surface area (Å²) in [5.74, 6) is 0.780. The molecule has 0 aromatic rings. The van der Waals surface area contributed by atoms with Crippen LogP contribution in [0.1, 0.15) is 39.5 Å². The summed E-state index contributed by atoms with van der Waals surface area (Å²) in [4.78, 5) is 11.2. The third-order valence-electron chi connectivity index (χ3n) is 3.12. The van der Waals surface area contributed by atoms with E-state index in [4.69, 9.17) is 4.74 Å². The summed E-state index contributed by atoms with van der Waals surface area (Å²) in [5.41, 5.74) is 0. The Labute approximate surface area is 92.6 Å². The van der Waals surface area contributed by atoms with Crippen LogP contribution in [0.2, 0.25) is 0 Å². The zero-order valence-corrected chi connectivity index (χ0v) is 10.1. The second-order valence-corrected chi connectivity index (χ2v) is 4.62. The summed E-state index contributed by atoms with van der Waals surface area (Å²) in [7, 11) is 1.44. The van der Waals surface area contributed by atoms with Crippen LogP contribution < -0.4 is 5.32 Å². The van der Waals surface area contributed by atoms with Crippen LogP contribution in [-0.4, -0.2) is 25.7 Å². The maximum Gasteiger partial charge on any atom is 0.309 e. The first kappa shape index (κ1) is 12.5. The fraction of sp³-hybridized carbons (Fsp3) is 0.917. The van der Waals surface area contributed by atoms with Gasteiger partial charge in [-0.05, 0) is 18.8 Å². The zero-order valence-electron chi connectivity index (χ0n) is 10.1. The number of carbonyl (C=O) groups is 1. The van der Waals surface area contributed by atoms with Gasteiger partial charge in [-0.2, -0.15) is 0 Å². The third-order valence-corrected chi connectivity index (χ3v) is 3.12. The second kappa shape index (κ2) is 6.11. The van der Waals surface area contributed by atoms with Crippen molar-refractivity contribution < 1.29 is 9.53 Å². The highest BCUT2D eigenvalue weighted by atomic mass is 16.5. The van der Waals surface area contributed by atoms with Gasteiger partial charge in [-0.15, -0.1) is 0 Å². The second-order valence-electron chi connectivity index (χ2n) is 4.62. The summed E-state index contributed by atoms with van der Waals surface area (Å²) < 4.78 is 4.69. The van der Waals surface area contributed by atoms with Gasteiger partial charge in [0.15, 0.2) is 0 Å². The molecule has 1 aliphatic carbocycles. The zero-order chi connectivity index (χ0) is 11.3. The van der Waals surface area contributed by atoms with Gasteiger partial charge in [-0.1, -0.05) is 26.7 Å². The van der Waals surface area contributed by atoms with Crippen molar-refractivity contribution in [3.8, 4) is 0 Å². The summed E-state index contributed by atoms with van der Waals surface area (Å²) in [6, 6.07) is 0.574. The van der Waals surface area contributed by atoms with E-state index in [1.807, 2.05) is 6.92 Å². The van der Waals surface area contributed by atoms with Crippen molar-refractivity contribution in [2.45, 2.75) is 45.6 Å². The van der Waals surface area contributed by atoms with Gasteiger partial charge in [0.05, 0.1) is 13.0 Å². The molecule has 0 heterocycles. The van der Waals surface area contributed by atoms with Crippen LogP contribution in [0, 0.1) is 11.8 Å². The van der Waals surface area contributed by atoms with Gasteiger partial charge in [0.25, 0.3) is 0 Å². The first-order valence-electron chi connectivity index (χ1n) is 5.98. The Morgan fingerprint density at radius 2 is 2.20 bits per heavy atom. The van der Waals surface area contributed by atoms with Gasteiger partial charge in [0.2, 0.25) is 0 Å². The molecule has 3 heteroatoms. The molecular formula is C12H23NO2. The van der Waals surface area contributed by atoms with Gasteiger partial charge >= 0.3 is 5.97 Å². The van der Waals surface area contributed by atoms with E-state index in [-0.39, 0.29) is 11.9 Å². The molecule has 2 unspecified atom stereocenters. The normalized spacial score (nSPS) is 19.7. The van der Waals surface area contributed by atoms with Crippen molar-refractivity contribution in [3.05, 3.63) is 0 Å².